The van der Waals surface area contributed by atoms with Gasteiger partial charge in [-0.1, -0.05) is 37.1 Å². The van der Waals surface area contributed by atoms with E-state index in [1.807, 2.05) is 36.1 Å². The molecule has 0 spiro atoms. The molecule has 144 valence electrons. The summed E-state index contributed by atoms with van der Waals surface area (Å²) in [6, 6.07) is 7.55. The fourth-order valence-electron chi connectivity index (χ4n) is 4.01. The van der Waals surface area contributed by atoms with Crippen LogP contribution in [0.25, 0.3) is 0 Å². The molecule has 1 aromatic rings. The van der Waals surface area contributed by atoms with Gasteiger partial charge >= 0.3 is 0 Å². The SMILES string of the molecule is CCCS(=O)(=O)NC1CCN(C(=O)C2(c3ccc(Cl)cc3)CCC2)CC1. The first-order valence-electron chi connectivity index (χ1n) is 9.42. The Bertz CT molecular complexity index is 737. The zero-order chi connectivity index (χ0) is 18.8. The minimum atomic E-state index is -3.20. The molecule has 1 N–H and O–H groups in total. The van der Waals surface area contributed by atoms with Crippen molar-refractivity contribution in [3.8, 4) is 0 Å². The van der Waals surface area contributed by atoms with Crippen molar-refractivity contribution in [1.29, 1.82) is 0 Å². The third kappa shape index (κ3) is 4.07. The zero-order valence-corrected chi connectivity index (χ0v) is 16.8. The number of piperidine rings is 1. The Kier molecular flexibility index (Phi) is 5.94. The molecule has 0 aromatic heterocycles. The number of likely N-dealkylation sites (tertiary alicyclic amines) is 1. The van der Waals surface area contributed by atoms with Crippen LogP contribution in [0.4, 0.5) is 0 Å². The van der Waals surface area contributed by atoms with Gasteiger partial charge in [0.2, 0.25) is 15.9 Å². The summed E-state index contributed by atoms with van der Waals surface area (Å²) in [6.07, 6.45) is 4.75. The van der Waals surface area contributed by atoms with E-state index in [-0.39, 0.29) is 17.7 Å². The van der Waals surface area contributed by atoms with Gasteiger partial charge in [0.05, 0.1) is 11.2 Å². The van der Waals surface area contributed by atoms with Gasteiger partial charge in [-0.2, -0.15) is 0 Å². The minimum absolute atomic E-state index is 0.0662. The predicted molar refractivity (Wildman–Crippen MR) is 104 cm³/mol. The maximum absolute atomic E-state index is 13.2. The van der Waals surface area contributed by atoms with Crippen LogP contribution in [0, 0.1) is 0 Å². The number of sulfonamides is 1. The zero-order valence-electron chi connectivity index (χ0n) is 15.2. The van der Waals surface area contributed by atoms with E-state index in [9.17, 15) is 13.2 Å². The second-order valence-electron chi connectivity index (χ2n) is 7.45. The van der Waals surface area contributed by atoms with E-state index in [0.717, 1.165) is 24.8 Å². The molecule has 0 bridgehead atoms. The van der Waals surface area contributed by atoms with Crippen LogP contribution >= 0.6 is 11.6 Å². The van der Waals surface area contributed by atoms with Crippen molar-refractivity contribution in [1.82, 2.24) is 9.62 Å². The third-order valence-corrected chi connectivity index (χ3v) is 7.50. The highest BCUT2D eigenvalue weighted by Crippen LogP contribution is 2.45. The number of hydrogen-bond donors (Lipinski definition) is 1. The number of carbonyl (C=O) groups excluding carboxylic acids is 1. The normalized spacial score (nSPS) is 20.6. The Morgan fingerprint density at radius 2 is 1.85 bits per heavy atom. The number of carbonyl (C=O) groups is 1. The van der Waals surface area contributed by atoms with E-state index in [1.165, 1.54) is 0 Å². The van der Waals surface area contributed by atoms with Crippen molar-refractivity contribution < 1.29 is 13.2 Å². The number of nitrogens with zero attached hydrogens (tertiary/aromatic N) is 1. The molecule has 1 aliphatic carbocycles. The lowest BCUT2D eigenvalue weighted by atomic mass is 9.63. The lowest BCUT2D eigenvalue weighted by Gasteiger charge is -2.45. The predicted octanol–water partition coefficient (Wildman–Crippen LogP) is 3.08. The van der Waals surface area contributed by atoms with Gasteiger partial charge in [-0.25, -0.2) is 13.1 Å². The summed E-state index contributed by atoms with van der Waals surface area (Å²) < 4.78 is 26.7. The van der Waals surface area contributed by atoms with Crippen LogP contribution in [-0.4, -0.2) is 44.1 Å². The Balaban J connectivity index is 1.63. The summed E-state index contributed by atoms with van der Waals surface area (Å²) in [5, 5.41) is 0.677. The average Bonchev–Trinajstić information content (AvgIpc) is 2.55. The molecule has 1 saturated heterocycles. The molecule has 1 heterocycles. The Labute approximate surface area is 161 Å². The van der Waals surface area contributed by atoms with Crippen molar-refractivity contribution in [3.63, 3.8) is 0 Å². The van der Waals surface area contributed by atoms with Crippen molar-refractivity contribution in [2.24, 2.45) is 0 Å². The first kappa shape index (κ1) is 19.6. The molecular weight excluding hydrogens is 372 g/mol. The van der Waals surface area contributed by atoms with Crippen molar-refractivity contribution in [2.75, 3.05) is 18.8 Å². The standard InChI is InChI=1S/C19H27ClN2O3S/c1-2-14-26(24,25)21-17-8-12-22(13-9-17)18(23)19(10-3-11-19)15-4-6-16(20)7-5-15/h4-7,17,21H,2-3,8-14H2,1H3. The van der Waals surface area contributed by atoms with E-state index < -0.39 is 15.4 Å². The first-order valence-corrected chi connectivity index (χ1v) is 11.4. The maximum Gasteiger partial charge on any atom is 0.233 e. The molecule has 5 nitrogen and oxygen atoms in total. The molecule has 1 aliphatic heterocycles. The van der Waals surface area contributed by atoms with Crippen LogP contribution < -0.4 is 4.72 Å². The number of hydrogen-bond acceptors (Lipinski definition) is 3. The van der Waals surface area contributed by atoms with Gasteiger partial charge in [0.1, 0.15) is 0 Å². The quantitative estimate of drug-likeness (QED) is 0.800. The van der Waals surface area contributed by atoms with Gasteiger partial charge in [0.25, 0.3) is 0 Å². The van der Waals surface area contributed by atoms with Crippen molar-refractivity contribution in [3.05, 3.63) is 34.9 Å². The topological polar surface area (TPSA) is 66.5 Å². The van der Waals surface area contributed by atoms with Crippen LogP contribution in [0.5, 0.6) is 0 Å². The highest BCUT2D eigenvalue weighted by atomic mass is 35.5. The molecule has 0 atom stereocenters. The molecule has 1 aromatic carbocycles. The molecule has 0 unspecified atom stereocenters. The lowest BCUT2D eigenvalue weighted by Crippen LogP contribution is -2.55. The van der Waals surface area contributed by atoms with E-state index in [2.05, 4.69) is 4.72 Å². The van der Waals surface area contributed by atoms with Gasteiger partial charge in [-0.15, -0.1) is 0 Å². The molecule has 2 fully saturated rings. The van der Waals surface area contributed by atoms with Crippen LogP contribution in [0.2, 0.25) is 5.02 Å². The van der Waals surface area contributed by atoms with Crippen LogP contribution in [-0.2, 0) is 20.2 Å². The van der Waals surface area contributed by atoms with E-state index in [4.69, 9.17) is 11.6 Å². The van der Waals surface area contributed by atoms with Gasteiger partial charge in [0.15, 0.2) is 0 Å². The number of nitrogens with one attached hydrogen (secondary N) is 1. The molecule has 0 radical (unpaired) electrons. The minimum Gasteiger partial charge on any atom is -0.342 e. The molecule has 1 amide bonds. The van der Waals surface area contributed by atoms with Gasteiger partial charge in [-0.05, 0) is 49.8 Å². The fraction of sp³-hybridized carbons (Fsp3) is 0.632. The summed E-state index contributed by atoms with van der Waals surface area (Å²) in [5.41, 5.74) is 0.628. The molecule has 3 rings (SSSR count). The number of halogens is 1. The number of amides is 1. The van der Waals surface area contributed by atoms with E-state index in [1.54, 1.807) is 0 Å². The Hall–Kier alpha value is -1.11. The number of benzene rings is 1. The highest BCUT2D eigenvalue weighted by molar-refractivity contribution is 7.89. The summed E-state index contributed by atoms with van der Waals surface area (Å²) in [7, 11) is -3.20. The van der Waals surface area contributed by atoms with Crippen molar-refractivity contribution >= 4 is 27.5 Å². The Morgan fingerprint density at radius 3 is 2.35 bits per heavy atom. The van der Waals surface area contributed by atoms with Crippen molar-refractivity contribution in [2.45, 2.75) is 56.9 Å². The summed E-state index contributed by atoms with van der Waals surface area (Å²) >= 11 is 5.99. The molecular formula is C19H27ClN2O3S. The maximum atomic E-state index is 13.2. The largest absolute Gasteiger partial charge is 0.342 e. The van der Waals surface area contributed by atoms with Gasteiger partial charge in [0, 0.05) is 24.2 Å². The van der Waals surface area contributed by atoms with Crippen LogP contribution in [0.3, 0.4) is 0 Å². The van der Waals surface area contributed by atoms with Gasteiger partial charge < -0.3 is 4.90 Å². The lowest BCUT2D eigenvalue weighted by molar-refractivity contribution is -0.142. The summed E-state index contributed by atoms with van der Waals surface area (Å²) in [4.78, 5) is 15.2. The van der Waals surface area contributed by atoms with E-state index >= 15 is 0 Å². The van der Waals surface area contributed by atoms with Crippen LogP contribution in [0.1, 0.15) is 51.0 Å². The smallest absolute Gasteiger partial charge is 0.233 e. The third-order valence-electron chi connectivity index (χ3n) is 5.61. The van der Waals surface area contributed by atoms with Gasteiger partial charge in [-0.3, -0.25) is 4.79 Å². The fourth-order valence-corrected chi connectivity index (χ4v) is 5.53. The molecule has 1 saturated carbocycles. The summed E-state index contributed by atoms with van der Waals surface area (Å²) in [5.74, 6) is 0.340. The molecule has 2 aliphatic rings. The highest BCUT2D eigenvalue weighted by Gasteiger charge is 2.48. The molecule has 26 heavy (non-hydrogen) atoms. The second-order valence-corrected chi connectivity index (χ2v) is 9.76. The second kappa shape index (κ2) is 7.87. The average molecular weight is 399 g/mol. The Morgan fingerprint density at radius 1 is 1.23 bits per heavy atom. The molecule has 7 heteroatoms. The number of rotatable bonds is 6. The first-order chi connectivity index (χ1) is 12.4. The monoisotopic (exact) mass is 398 g/mol. The summed E-state index contributed by atoms with van der Waals surface area (Å²) in [6.45, 7) is 3.07. The van der Waals surface area contributed by atoms with Crippen LogP contribution in [0.15, 0.2) is 24.3 Å². The van der Waals surface area contributed by atoms with E-state index in [0.29, 0.717) is 37.4 Å².